The summed E-state index contributed by atoms with van der Waals surface area (Å²) in [6.45, 7) is 2.21. The maximum Gasteiger partial charge on any atom is 0.337 e. The molecular weight excluding hydrogens is 384 g/mol. The summed E-state index contributed by atoms with van der Waals surface area (Å²) in [6.07, 6.45) is 3.92. The molecule has 9 heteroatoms. The number of benzene rings is 1. The average molecular weight is 406 g/mol. The third-order valence-corrected chi connectivity index (χ3v) is 5.98. The van der Waals surface area contributed by atoms with Gasteiger partial charge in [-0.25, -0.2) is 4.79 Å². The third kappa shape index (κ3) is 3.16. The van der Waals surface area contributed by atoms with E-state index in [-0.39, 0.29) is 17.8 Å². The molecule has 2 aliphatic rings. The van der Waals surface area contributed by atoms with E-state index in [1.165, 1.54) is 7.11 Å². The van der Waals surface area contributed by atoms with E-state index in [4.69, 9.17) is 4.74 Å². The molecule has 0 unspecified atom stereocenters. The predicted octanol–water partition coefficient (Wildman–Crippen LogP) is 1.72. The Morgan fingerprint density at radius 3 is 2.73 bits per heavy atom. The van der Waals surface area contributed by atoms with Crippen molar-refractivity contribution in [2.45, 2.75) is 19.3 Å². The molecule has 0 atom stereocenters. The fraction of sp³-hybridized carbons (Fsp3) is 0.381. The molecule has 2 aliphatic heterocycles. The molecule has 1 amide bonds. The number of carbonyl (C=O) groups is 2. The molecule has 0 saturated carbocycles. The van der Waals surface area contributed by atoms with Gasteiger partial charge in [-0.15, -0.1) is 15.3 Å². The van der Waals surface area contributed by atoms with Crippen LogP contribution in [0.1, 0.15) is 28.8 Å². The van der Waals surface area contributed by atoms with Crippen molar-refractivity contribution in [1.29, 1.82) is 0 Å². The molecule has 4 heterocycles. The lowest BCUT2D eigenvalue weighted by molar-refractivity contribution is -0.122. The lowest BCUT2D eigenvalue weighted by Crippen LogP contribution is -2.42. The number of hydrogen-bond donors (Lipinski definition) is 0. The standard InChI is InChI=1S/C21H22N6O3/c1-30-21(29)16-2-3-17-15(12-16)8-11-26(17)20(28)14-6-9-25(10-7-14)19-5-4-18-23-22-13-27(18)24-19/h2-5,12-14H,6-11H2,1H3. The lowest BCUT2D eigenvalue weighted by Gasteiger charge is -2.33. The smallest absolute Gasteiger partial charge is 0.337 e. The van der Waals surface area contributed by atoms with Gasteiger partial charge in [-0.05, 0) is 55.2 Å². The van der Waals surface area contributed by atoms with Crippen LogP contribution in [0.25, 0.3) is 5.65 Å². The molecule has 9 nitrogen and oxygen atoms in total. The lowest BCUT2D eigenvalue weighted by atomic mass is 9.95. The molecule has 0 N–H and O–H groups in total. The van der Waals surface area contributed by atoms with Gasteiger partial charge in [0.2, 0.25) is 5.91 Å². The second-order valence-electron chi connectivity index (χ2n) is 7.66. The number of rotatable bonds is 3. The second kappa shape index (κ2) is 7.40. The van der Waals surface area contributed by atoms with Crippen molar-refractivity contribution in [2.75, 3.05) is 36.5 Å². The largest absolute Gasteiger partial charge is 0.465 e. The summed E-state index contributed by atoms with van der Waals surface area (Å²) in [5.41, 5.74) is 3.17. The van der Waals surface area contributed by atoms with E-state index < -0.39 is 0 Å². The molecule has 2 aromatic heterocycles. The Kier molecular flexibility index (Phi) is 4.57. The number of piperidine rings is 1. The Hall–Kier alpha value is -3.49. The molecule has 0 radical (unpaired) electrons. The van der Waals surface area contributed by atoms with Crippen molar-refractivity contribution in [3.05, 3.63) is 47.8 Å². The van der Waals surface area contributed by atoms with Crippen molar-refractivity contribution in [2.24, 2.45) is 5.92 Å². The number of fused-ring (bicyclic) bond motifs is 2. The molecule has 1 saturated heterocycles. The minimum absolute atomic E-state index is 0.00822. The maximum atomic E-state index is 13.2. The zero-order chi connectivity index (χ0) is 20.7. The van der Waals surface area contributed by atoms with Crippen LogP contribution in [-0.2, 0) is 16.0 Å². The van der Waals surface area contributed by atoms with Crippen LogP contribution >= 0.6 is 0 Å². The van der Waals surface area contributed by atoms with Crippen LogP contribution in [0.5, 0.6) is 0 Å². The summed E-state index contributed by atoms with van der Waals surface area (Å²) >= 11 is 0. The van der Waals surface area contributed by atoms with Crippen molar-refractivity contribution in [3.63, 3.8) is 0 Å². The number of esters is 1. The highest BCUT2D eigenvalue weighted by Gasteiger charge is 2.33. The summed E-state index contributed by atoms with van der Waals surface area (Å²) in [5.74, 6) is 0.677. The van der Waals surface area contributed by atoms with Crippen LogP contribution in [-0.4, -0.2) is 58.4 Å². The quantitative estimate of drug-likeness (QED) is 0.612. The van der Waals surface area contributed by atoms with E-state index in [2.05, 4.69) is 20.2 Å². The highest BCUT2D eigenvalue weighted by atomic mass is 16.5. The van der Waals surface area contributed by atoms with Crippen molar-refractivity contribution in [3.8, 4) is 0 Å². The highest BCUT2D eigenvalue weighted by Crippen LogP contribution is 2.32. The topological polar surface area (TPSA) is 92.9 Å². The number of hydrogen-bond acceptors (Lipinski definition) is 7. The first-order chi connectivity index (χ1) is 14.6. The van der Waals surface area contributed by atoms with Gasteiger partial charge in [0, 0.05) is 31.2 Å². The molecule has 5 rings (SSSR count). The highest BCUT2D eigenvalue weighted by molar-refractivity contribution is 5.98. The summed E-state index contributed by atoms with van der Waals surface area (Å²) in [7, 11) is 1.37. The molecule has 0 bridgehead atoms. The van der Waals surface area contributed by atoms with Crippen molar-refractivity contribution in [1.82, 2.24) is 19.8 Å². The first kappa shape index (κ1) is 18.5. The molecular formula is C21H22N6O3. The number of ether oxygens (including phenoxy) is 1. The SMILES string of the molecule is COC(=O)c1ccc2c(c1)CCN2C(=O)C1CCN(c2ccc3nncn3n2)CC1. The number of carbonyl (C=O) groups excluding carboxylic acids is 2. The number of anilines is 2. The zero-order valence-electron chi connectivity index (χ0n) is 16.7. The third-order valence-electron chi connectivity index (χ3n) is 5.98. The van der Waals surface area contributed by atoms with Crippen LogP contribution in [0.15, 0.2) is 36.7 Å². The Balaban J connectivity index is 1.26. The summed E-state index contributed by atoms with van der Waals surface area (Å²) in [4.78, 5) is 29.0. The number of nitrogens with zero attached hydrogens (tertiary/aromatic N) is 6. The molecule has 0 spiro atoms. The minimum Gasteiger partial charge on any atom is -0.465 e. The molecule has 154 valence electrons. The van der Waals surface area contributed by atoms with Crippen LogP contribution in [0, 0.1) is 5.92 Å². The Labute approximate surface area is 173 Å². The summed E-state index contributed by atoms with van der Waals surface area (Å²) < 4.78 is 6.46. The minimum atomic E-state index is -0.354. The monoisotopic (exact) mass is 406 g/mol. The Bertz CT molecular complexity index is 1120. The number of aromatic nitrogens is 4. The number of amides is 1. The van der Waals surface area contributed by atoms with E-state index in [1.54, 1.807) is 16.9 Å². The predicted molar refractivity (Wildman–Crippen MR) is 110 cm³/mol. The second-order valence-corrected chi connectivity index (χ2v) is 7.66. The van der Waals surface area contributed by atoms with Crippen molar-refractivity contribution < 1.29 is 14.3 Å². The summed E-state index contributed by atoms with van der Waals surface area (Å²) in [6, 6.07) is 9.27. The molecule has 30 heavy (non-hydrogen) atoms. The van der Waals surface area contributed by atoms with E-state index in [9.17, 15) is 9.59 Å². The van der Waals surface area contributed by atoms with Gasteiger partial charge in [-0.2, -0.15) is 4.52 Å². The van der Waals surface area contributed by atoms with Crippen LogP contribution in [0.4, 0.5) is 11.5 Å². The van der Waals surface area contributed by atoms with Gasteiger partial charge < -0.3 is 14.5 Å². The van der Waals surface area contributed by atoms with Crippen LogP contribution < -0.4 is 9.80 Å². The first-order valence-electron chi connectivity index (χ1n) is 10.1. The van der Waals surface area contributed by atoms with Crippen LogP contribution in [0.2, 0.25) is 0 Å². The Morgan fingerprint density at radius 2 is 1.93 bits per heavy atom. The van der Waals surface area contributed by atoms with Gasteiger partial charge >= 0.3 is 5.97 Å². The van der Waals surface area contributed by atoms with Gasteiger partial charge in [0.25, 0.3) is 0 Å². The van der Waals surface area contributed by atoms with E-state index in [0.717, 1.165) is 49.4 Å². The molecule has 3 aromatic rings. The fourth-order valence-electron chi connectivity index (χ4n) is 4.34. The molecule has 0 aliphatic carbocycles. The van der Waals surface area contributed by atoms with Gasteiger partial charge in [0.1, 0.15) is 12.1 Å². The summed E-state index contributed by atoms with van der Waals surface area (Å²) in [5, 5.41) is 12.4. The van der Waals surface area contributed by atoms with Crippen molar-refractivity contribution >= 4 is 29.0 Å². The molecule has 1 aromatic carbocycles. The maximum absolute atomic E-state index is 13.2. The first-order valence-corrected chi connectivity index (χ1v) is 10.1. The van der Waals surface area contributed by atoms with Gasteiger partial charge in [-0.3, -0.25) is 4.79 Å². The van der Waals surface area contributed by atoms with Gasteiger partial charge in [0.15, 0.2) is 5.65 Å². The van der Waals surface area contributed by atoms with Gasteiger partial charge in [-0.1, -0.05) is 0 Å². The van der Waals surface area contributed by atoms with E-state index in [1.807, 2.05) is 29.2 Å². The van der Waals surface area contributed by atoms with E-state index in [0.29, 0.717) is 17.8 Å². The van der Waals surface area contributed by atoms with Crippen LogP contribution in [0.3, 0.4) is 0 Å². The average Bonchev–Trinajstić information content (AvgIpc) is 3.44. The fourth-order valence-corrected chi connectivity index (χ4v) is 4.34. The van der Waals surface area contributed by atoms with E-state index >= 15 is 0 Å². The molecule has 1 fully saturated rings. The number of methoxy groups -OCH3 is 1. The van der Waals surface area contributed by atoms with Gasteiger partial charge in [0.05, 0.1) is 12.7 Å². The Morgan fingerprint density at radius 1 is 1.10 bits per heavy atom. The zero-order valence-corrected chi connectivity index (χ0v) is 16.7. The normalized spacial score (nSPS) is 16.7.